The van der Waals surface area contributed by atoms with Gasteiger partial charge in [0.15, 0.2) is 0 Å². The minimum atomic E-state index is -0.137. The van der Waals surface area contributed by atoms with Crippen LogP contribution in [-0.2, 0) is 13.0 Å². The van der Waals surface area contributed by atoms with Crippen LogP contribution in [0.15, 0.2) is 42.5 Å². The van der Waals surface area contributed by atoms with Gasteiger partial charge >= 0.3 is 0 Å². The zero-order valence-electron chi connectivity index (χ0n) is 11.9. The van der Waals surface area contributed by atoms with Gasteiger partial charge in [-0.05, 0) is 42.2 Å². The Bertz CT molecular complexity index is 603. The number of nitrogen functional groups attached to an aromatic ring is 1. The van der Waals surface area contributed by atoms with Gasteiger partial charge in [-0.3, -0.25) is 4.79 Å². The average molecular weight is 268 g/mol. The van der Waals surface area contributed by atoms with E-state index in [4.69, 9.17) is 5.73 Å². The molecule has 0 spiro atoms. The van der Waals surface area contributed by atoms with Gasteiger partial charge in [-0.25, -0.2) is 0 Å². The minimum Gasteiger partial charge on any atom is -0.398 e. The van der Waals surface area contributed by atoms with Crippen LogP contribution in [-0.4, -0.2) is 5.91 Å². The van der Waals surface area contributed by atoms with Gasteiger partial charge in [-0.15, -0.1) is 0 Å². The second-order valence-electron chi connectivity index (χ2n) is 4.94. The van der Waals surface area contributed by atoms with Crippen molar-refractivity contribution in [3.05, 3.63) is 64.7 Å². The van der Waals surface area contributed by atoms with E-state index < -0.39 is 0 Å². The second-order valence-corrected chi connectivity index (χ2v) is 4.94. The van der Waals surface area contributed by atoms with Crippen molar-refractivity contribution < 1.29 is 4.79 Å². The molecule has 2 aromatic rings. The van der Waals surface area contributed by atoms with Crippen molar-refractivity contribution in [2.75, 3.05) is 5.73 Å². The zero-order chi connectivity index (χ0) is 14.5. The molecule has 0 bridgehead atoms. The molecule has 20 heavy (non-hydrogen) atoms. The standard InChI is InChI=1S/C17H20N2O/c1-3-13-5-7-14(8-6-13)11-19-17(20)15-9-4-12(2)10-16(15)18/h4-10H,3,11,18H2,1-2H3,(H,19,20). The maximum Gasteiger partial charge on any atom is 0.253 e. The number of nitrogens with two attached hydrogens (primary N) is 1. The Hall–Kier alpha value is -2.29. The lowest BCUT2D eigenvalue weighted by Gasteiger charge is -2.08. The van der Waals surface area contributed by atoms with Crippen LogP contribution in [0.25, 0.3) is 0 Å². The molecule has 1 amide bonds. The lowest BCUT2D eigenvalue weighted by atomic mass is 10.1. The first-order valence-electron chi connectivity index (χ1n) is 6.82. The molecule has 0 radical (unpaired) electrons. The fraction of sp³-hybridized carbons (Fsp3) is 0.235. The third-order valence-corrected chi connectivity index (χ3v) is 3.34. The average Bonchev–Trinajstić information content (AvgIpc) is 2.45. The van der Waals surface area contributed by atoms with Crippen LogP contribution in [0.3, 0.4) is 0 Å². The Balaban J connectivity index is 2.00. The fourth-order valence-corrected chi connectivity index (χ4v) is 2.06. The van der Waals surface area contributed by atoms with E-state index in [1.807, 2.05) is 31.2 Å². The first kappa shape index (κ1) is 14.1. The summed E-state index contributed by atoms with van der Waals surface area (Å²) in [6, 6.07) is 13.7. The van der Waals surface area contributed by atoms with Crippen LogP contribution in [0.2, 0.25) is 0 Å². The predicted molar refractivity (Wildman–Crippen MR) is 82.6 cm³/mol. The van der Waals surface area contributed by atoms with Crippen LogP contribution >= 0.6 is 0 Å². The highest BCUT2D eigenvalue weighted by Crippen LogP contribution is 2.14. The molecule has 0 atom stereocenters. The Kier molecular flexibility index (Phi) is 4.41. The summed E-state index contributed by atoms with van der Waals surface area (Å²) < 4.78 is 0. The van der Waals surface area contributed by atoms with Gasteiger partial charge in [-0.1, -0.05) is 37.3 Å². The second kappa shape index (κ2) is 6.24. The first-order chi connectivity index (χ1) is 9.60. The molecule has 0 saturated heterocycles. The minimum absolute atomic E-state index is 0.137. The molecule has 3 heteroatoms. The fourth-order valence-electron chi connectivity index (χ4n) is 2.06. The molecule has 2 rings (SSSR count). The molecule has 0 fully saturated rings. The number of rotatable bonds is 4. The topological polar surface area (TPSA) is 55.1 Å². The number of anilines is 1. The lowest BCUT2D eigenvalue weighted by molar-refractivity contribution is 0.0952. The number of carbonyl (C=O) groups is 1. The smallest absolute Gasteiger partial charge is 0.253 e. The lowest BCUT2D eigenvalue weighted by Crippen LogP contribution is -2.23. The summed E-state index contributed by atoms with van der Waals surface area (Å²) in [5.74, 6) is -0.137. The predicted octanol–water partition coefficient (Wildman–Crippen LogP) is 3.07. The molecular weight excluding hydrogens is 248 g/mol. The number of nitrogens with one attached hydrogen (secondary N) is 1. The van der Waals surface area contributed by atoms with Crippen molar-refractivity contribution in [1.82, 2.24) is 5.32 Å². The van der Waals surface area contributed by atoms with E-state index in [0.717, 1.165) is 17.5 Å². The number of hydrogen-bond donors (Lipinski definition) is 2. The molecule has 0 aliphatic heterocycles. The molecule has 0 unspecified atom stereocenters. The highest BCUT2D eigenvalue weighted by Gasteiger charge is 2.09. The number of benzene rings is 2. The van der Waals surface area contributed by atoms with Crippen LogP contribution in [0.5, 0.6) is 0 Å². The van der Waals surface area contributed by atoms with Gasteiger partial charge < -0.3 is 11.1 Å². The van der Waals surface area contributed by atoms with E-state index in [1.54, 1.807) is 6.07 Å². The molecule has 0 aromatic heterocycles. The normalized spacial score (nSPS) is 10.3. The molecule has 3 nitrogen and oxygen atoms in total. The zero-order valence-corrected chi connectivity index (χ0v) is 11.9. The van der Waals surface area contributed by atoms with Crippen molar-refractivity contribution >= 4 is 11.6 Å². The molecule has 3 N–H and O–H groups in total. The van der Waals surface area contributed by atoms with Crippen molar-refractivity contribution in [2.45, 2.75) is 26.8 Å². The van der Waals surface area contributed by atoms with Gasteiger partial charge in [0.2, 0.25) is 0 Å². The molecule has 0 aliphatic carbocycles. The van der Waals surface area contributed by atoms with Crippen molar-refractivity contribution in [2.24, 2.45) is 0 Å². The van der Waals surface area contributed by atoms with E-state index in [2.05, 4.69) is 24.4 Å². The van der Waals surface area contributed by atoms with Crippen LogP contribution in [0.4, 0.5) is 5.69 Å². The Labute approximate surface area is 119 Å². The summed E-state index contributed by atoms with van der Waals surface area (Å²) in [6.45, 7) is 4.58. The van der Waals surface area contributed by atoms with Crippen LogP contribution in [0.1, 0.15) is 34.0 Å². The van der Waals surface area contributed by atoms with E-state index >= 15 is 0 Å². The summed E-state index contributed by atoms with van der Waals surface area (Å²) >= 11 is 0. The van der Waals surface area contributed by atoms with E-state index in [-0.39, 0.29) is 5.91 Å². The van der Waals surface area contributed by atoms with Gasteiger partial charge in [0.25, 0.3) is 5.91 Å². The quantitative estimate of drug-likeness (QED) is 0.837. The maximum absolute atomic E-state index is 12.1. The third kappa shape index (κ3) is 3.38. The summed E-state index contributed by atoms with van der Waals surface area (Å²) in [6.07, 6.45) is 1.02. The largest absolute Gasteiger partial charge is 0.398 e. The molecule has 0 heterocycles. The molecule has 0 aliphatic rings. The van der Waals surface area contributed by atoms with E-state index in [9.17, 15) is 4.79 Å². The van der Waals surface area contributed by atoms with Crippen LogP contribution in [0, 0.1) is 6.92 Å². The number of aryl methyl sites for hydroxylation is 2. The Morgan fingerprint density at radius 3 is 2.35 bits per heavy atom. The summed E-state index contributed by atoms with van der Waals surface area (Å²) in [7, 11) is 0. The monoisotopic (exact) mass is 268 g/mol. The first-order valence-corrected chi connectivity index (χ1v) is 6.82. The van der Waals surface area contributed by atoms with Crippen molar-refractivity contribution in [3.8, 4) is 0 Å². The summed E-state index contributed by atoms with van der Waals surface area (Å²) in [5.41, 5.74) is 10.3. The van der Waals surface area contributed by atoms with Gasteiger partial charge in [-0.2, -0.15) is 0 Å². The Morgan fingerprint density at radius 2 is 1.75 bits per heavy atom. The number of hydrogen-bond acceptors (Lipinski definition) is 2. The van der Waals surface area contributed by atoms with E-state index in [1.165, 1.54) is 5.56 Å². The third-order valence-electron chi connectivity index (χ3n) is 3.34. The van der Waals surface area contributed by atoms with Gasteiger partial charge in [0, 0.05) is 12.2 Å². The van der Waals surface area contributed by atoms with Gasteiger partial charge in [0.05, 0.1) is 5.56 Å². The SMILES string of the molecule is CCc1ccc(CNC(=O)c2ccc(C)cc2N)cc1. The van der Waals surface area contributed by atoms with Crippen molar-refractivity contribution in [1.29, 1.82) is 0 Å². The number of carbonyl (C=O) groups excluding carboxylic acids is 1. The van der Waals surface area contributed by atoms with Crippen molar-refractivity contribution in [3.63, 3.8) is 0 Å². The maximum atomic E-state index is 12.1. The highest BCUT2D eigenvalue weighted by atomic mass is 16.1. The highest BCUT2D eigenvalue weighted by molar-refractivity contribution is 5.99. The summed E-state index contributed by atoms with van der Waals surface area (Å²) in [4.78, 5) is 12.1. The van der Waals surface area contributed by atoms with Crippen LogP contribution < -0.4 is 11.1 Å². The molecule has 2 aromatic carbocycles. The summed E-state index contributed by atoms with van der Waals surface area (Å²) in [5, 5.41) is 2.89. The Morgan fingerprint density at radius 1 is 1.10 bits per heavy atom. The van der Waals surface area contributed by atoms with Gasteiger partial charge in [0.1, 0.15) is 0 Å². The number of amides is 1. The molecule has 104 valence electrons. The molecule has 0 saturated carbocycles. The molecular formula is C17H20N2O. The van der Waals surface area contributed by atoms with E-state index in [0.29, 0.717) is 17.8 Å².